The second-order valence-electron chi connectivity index (χ2n) is 4.23. The van der Waals surface area contributed by atoms with Gasteiger partial charge in [-0.15, -0.1) is 0 Å². The van der Waals surface area contributed by atoms with Gasteiger partial charge in [0.15, 0.2) is 0 Å². The number of halogens is 1. The Morgan fingerprint density at radius 2 is 1.86 bits per heavy atom. The van der Waals surface area contributed by atoms with Crippen LogP contribution in [0.4, 0.5) is 0 Å². The fourth-order valence-corrected chi connectivity index (χ4v) is 2.51. The number of aliphatic hydroxyl groups is 1. The zero-order chi connectivity index (χ0) is 15.5. The predicted octanol–water partition coefficient (Wildman–Crippen LogP) is 1.41. The second kappa shape index (κ2) is 10.6. The van der Waals surface area contributed by atoms with Crippen LogP contribution < -0.4 is 10.6 Å². The second-order valence-corrected chi connectivity index (χ2v) is 6.37. The van der Waals surface area contributed by atoms with E-state index in [4.69, 9.17) is 5.11 Å². The predicted molar refractivity (Wildman–Crippen MR) is 88.5 cm³/mol. The van der Waals surface area contributed by atoms with E-state index in [0.717, 1.165) is 22.4 Å². The van der Waals surface area contributed by atoms with Gasteiger partial charge in [0.1, 0.15) is 0 Å². The van der Waals surface area contributed by atoms with Gasteiger partial charge in [0.2, 0.25) is 5.91 Å². The summed E-state index contributed by atoms with van der Waals surface area (Å²) >= 11 is 4.97. The maximum absolute atomic E-state index is 11.8. The van der Waals surface area contributed by atoms with E-state index in [1.165, 1.54) is 0 Å². The highest BCUT2D eigenvalue weighted by Crippen LogP contribution is 2.10. The number of nitrogens with one attached hydrogen (secondary N) is 2. The molecule has 0 fully saturated rings. The SMILES string of the molecule is O=C(CNC(=O)c1ccc(Br)cc1)NCCSCCCO. The Morgan fingerprint density at radius 1 is 1.14 bits per heavy atom. The van der Waals surface area contributed by atoms with Crippen molar-refractivity contribution >= 4 is 39.5 Å². The molecule has 0 aliphatic rings. The van der Waals surface area contributed by atoms with Gasteiger partial charge in [-0.2, -0.15) is 11.8 Å². The van der Waals surface area contributed by atoms with E-state index in [1.807, 2.05) is 0 Å². The molecule has 116 valence electrons. The number of amides is 2. The smallest absolute Gasteiger partial charge is 0.251 e. The molecule has 0 aliphatic carbocycles. The molecule has 1 aromatic carbocycles. The minimum absolute atomic E-state index is 0.0315. The quantitative estimate of drug-likeness (QED) is 0.571. The van der Waals surface area contributed by atoms with Crippen molar-refractivity contribution in [1.29, 1.82) is 0 Å². The van der Waals surface area contributed by atoms with Crippen molar-refractivity contribution in [2.45, 2.75) is 6.42 Å². The van der Waals surface area contributed by atoms with Crippen LogP contribution in [0.3, 0.4) is 0 Å². The number of carbonyl (C=O) groups is 2. The summed E-state index contributed by atoms with van der Waals surface area (Å²) in [6.07, 6.45) is 0.766. The molecule has 0 radical (unpaired) electrons. The molecular weight excluding hydrogens is 356 g/mol. The summed E-state index contributed by atoms with van der Waals surface area (Å²) in [7, 11) is 0. The highest BCUT2D eigenvalue weighted by atomic mass is 79.9. The fourth-order valence-electron chi connectivity index (χ4n) is 1.46. The van der Waals surface area contributed by atoms with Crippen molar-refractivity contribution in [2.75, 3.05) is 31.2 Å². The van der Waals surface area contributed by atoms with Gasteiger partial charge in [0.05, 0.1) is 6.54 Å². The van der Waals surface area contributed by atoms with Crippen LogP contribution in [0.5, 0.6) is 0 Å². The molecule has 0 unspecified atom stereocenters. The molecule has 5 nitrogen and oxygen atoms in total. The summed E-state index contributed by atoms with van der Waals surface area (Å²) in [4.78, 5) is 23.3. The first kappa shape index (κ1) is 18.0. The first-order valence-corrected chi connectivity index (χ1v) is 8.57. The Labute approximate surface area is 137 Å². The molecule has 3 N–H and O–H groups in total. The van der Waals surface area contributed by atoms with Crippen LogP contribution in [0.1, 0.15) is 16.8 Å². The lowest BCUT2D eigenvalue weighted by Crippen LogP contribution is -2.37. The largest absolute Gasteiger partial charge is 0.396 e. The van der Waals surface area contributed by atoms with Crippen LogP contribution >= 0.6 is 27.7 Å². The molecule has 2 amide bonds. The summed E-state index contributed by atoms with van der Waals surface area (Å²) < 4.78 is 0.899. The van der Waals surface area contributed by atoms with Crippen molar-refractivity contribution < 1.29 is 14.7 Å². The van der Waals surface area contributed by atoms with Crippen molar-refractivity contribution in [2.24, 2.45) is 0 Å². The maximum atomic E-state index is 11.8. The van der Waals surface area contributed by atoms with E-state index in [-0.39, 0.29) is 25.0 Å². The summed E-state index contributed by atoms with van der Waals surface area (Å²) in [6.45, 7) is 0.723. The molecular formula is C14H19BrN2O3S. The van der Waals surface area contributed by atoms with Gasteiger partial charge in [-0.25, -0.2) is 0 Å². The fraction of sp³-hybridized carbons (Fsp3) is 0.429. The van der Waals surface area contributed by atoms with E-state index in [1.54, 1.807) is 36.0 Å². The molecule has 0 saturated heterocycles. The van der Waals surface area contributed by atoms with Crippen LogP contribution in [0.15, 0.2) is 28.7 Å². The van der Waals surface area contributed by atoms with Crippen molar-refractivity contribution in [3.63, 3.8) is 0 Å². The van der Waals surface area contributed by atoms with Crippen molar-refractivity contribution in [3.8, 4) is 0 Å². The number of thioether (sulfide) groups is 1. The average Bonchev–Trinajstić information content (AvgIpc) is 2.49. The molecule has 0 aliphatic heterocycles. The van der Waals surface area contributed by atoms with Crippen LogP contribution in [0.2, 0.25) is 0 Å². The first-order chi connectivity index (χ1) is 10.1. The van der Waals surface area contributed by atoms with Crippen LogP contribution in [-0.2, 0) is 4.79 Å². The molecule has 0 bridgehead atoms. The van der Waals surface area contributed by atoms with E-state index in [2.05, 4.69) is 26.6 Å². The van der Waals surface area contributed by atoms with E-state index in [0.29, 0.717) is 12.1 Å². The number of carbonyl (C=O) groups excluding carboxylic acids is 2. The molecule has 0 saturated carbocycles. The molecule has 0 aromatic heterocycles. The standard InChI is InChI=1S/C14H19BrN2O3S/c15-12-4-2-11(3-5-12)14(20)17-10-13(19)16-6-9-21-8-1-7-18/h2-5,18H,1,6-10H2,(H,16,19)(H,17,20). The molecule has 1 aromatic rings. The zero-order valence-electron chi connectivity index (χ0n) is 11.6. The third kappa shape index (κ3) is 8.08. The Hall–Kier alpha value is -1.05. The van der Waals surface area contributed by atoms with Crippen molar-refractivity contribution in [3.05, 3.63) is 34.3 Å². The molecule has 1 rings (SSSR count). The normalized spacial score (nSPS) is 10.2. The van der Waals surface area contributed by atoms with Gasteiger partial charge in [0, 0.05) is 28.9 Å². The third-order valence-corrected chi connectivity index (χ3v) is 4.13. The lowest BCUT2D eigenvalue weighted by Gasteiger charge is -2.07. The summed E-state index contributed by atoms with van der Waals surface area (Å²) in [5.74, 6) is 1.21. The van der Waals surface area contributed by atoms with Gasteiger partial charge < -0.3 is 15.7 Å². The number of hydrogen-bond acceptors (Lipinski definition) is 4. The Balaban J connectivity index is 2.15. The molecule has 7 heteroatoms. The summed E-state index contributed by atoms with van der Waals surface area (Å²) in [6, 6.07) is 6.93. The Bertz CT molecular complexity index is 454. The molecule has 21 heavy (non-hydrogen) atoms. The molecule has 0 atom stereocenters. The molecule has 0 spiro atoms. The topological polar surface area (TPSA) is 78.4 Å². The van der Waals surface area contributed by atoms with Gasteiger partial charge in [-0.05, 0) is 36.4 Å². The monoisotopic (exact) mass is 374 g/mol. The maximum Gasteiger partial charge on any atom is 0.251 e. The number of rotatable bonds is 9. The summed E-state index contributed by atoms with van der Waals surface area (Å²) in [5.41, 5.74) is 0.519. The number of hydrogen-bond donors (Lipinski definition) is 3. The lowest BCUT2D eigenvalue weighted by atomic mass is 10.2. The lowest BCUT2D eigenvalue weighted by molar-refractivity contribution is -0.120. The van der Waals surface area contributed by atoms with Crippen LogP contribution in [0.25, 0.3) is 0 Å². The third-order valence-electron chi connectivity index (χ3n) is 2.53. The van der Waals surface area contributed by atoms with Crippen LogP contribution in [0, 0.1) is 0 Å². The average molecular weight is 375 g/mol. The van der Waals surface area contributed by atoms with E-state index in [9.17, 15) is 9.59 Å². The van der Waals surface area contributed by atoms with Crippen molar-refractivity contribution in [1.82, 2.24) is 10.6 Å². The van der Waals surface area contributed by atoms with E-state index >= 15 is 0 Å². The van der Waals surface area contributed by atoms with Crippen LogP contribution in [-0.4, -0.2) is 48.1 Å². The summed E-state index contributed by atoms with van der Waals surface area (Å²) in [5, 5.41) is 13.9. The highest BCUT2D eigenvalue weighted by Gasteiger charge is 2.07. The zero-order valence-corrected chi connectivity index (χ0v) is 14.0. The first-order valence-electron chi connectivity index (χ1n) is 6.62. The Morgan fingerprint density at radius 3 is 2.52 bits per heavy atom. The minimum atomic E-state index is -0.269. The number of benzene rings is 1. The Kier molecular flexibility index (Phi) is 9.12. The van der Waals surface area contributed by atoms with Gasteiger partial charge in [-0.1, -0.05) is 15.9 Å². The van der Waals surface area contributed by atoms with Gasteiger partial charge >= 0.3 is 0 Å². The minimum Gasteiger partial charge on any atom is -0.396 e. The highest BCUT2D eigenvalue weighted by molar-refractivity contribution is 9.10. The van der Waals surface area contributed by atoms with Gasteiger partial charge in [-0.3, -0.25) is 9.59 Å². The number of aliphatic hydroxyl groups excluding tert-OH is 1. The van der Waals surface area contributed by atoms with Gasteiger partial charge in [0.25, 0.3) is 5.91 Å². The molecule has 0 heterocycles. The van der Waals surface area contributed by atoms with E-state index < -0.39 is 0 Å².